The maximum Gasteiger partial charge on any atom is 0.105 e. The Kier molecular flexibility index (Phi) is 2.42. The zero-order valence-corrected chi connectivity index (χ0v) is 5.95. The van der Waals surface area contributed by atoms with Gasteiger partial charge in [-0.1, -0.05) is 0 Å². The Labute approximate surface area is 59.6 Å². The third kappa shape index (κ3) is 1.55. The highest BCUT2D eigenvalue weighted by molar-refractivity contribution is 4.87. The maximum absolute atomic E-state index is 4.86. The molecule has 0 aromatic carbocycles. The minimum absolute atomic E-state index is 0.525. The number of hydrogen-bond donors (Lipinski definition) is 1. The van der Waals surface area contributed by atoms with E-state index in [9.17, 15) is 0 Å². The molecule has 0 fully saturated rings. The van der Waals surface area contributed by atoms with Gasteiger partial charge in [0.25, 0.3) is 0 Å². The summed E-state index contributed by atoms with van der Waals surface area (Å²) in [5.74, 6) is 5.84. The second kappa shape index (κ2) is 3.34. The van der Waals surface area contributed by atoms with E-state index < -0.39 is 0 Å². The third-order valence-electron chi connectivity index (χ3n) is 1.37. The summed E-state index contributed by atoms with van der Waals surface area (Å²) in [7, 11) is 0. The van der Waals surface area contributed by atoms with Crippen LogP contribution < -0.4 is 5.90 Å². The number of aryl methyl sites for hydroxylation is 1. The average Bonchev–Trinajstić information content (AvgIpc) is 2.31. The highest BCUT2D eigenvalue weighted by atomic mass is 16.6. The van der Waals surface area contributed by atoms with E-state index in [-0.39, 0.29) is 0 Å². The second-order valence-corrected chi connectivity index (χ2v) is 2.04. The zero-order valence-electron chi connectivity index (χ0n) is 5.95. The highest BCUT2D eigenvalue weighted by Gasteiger charge is 1.93. The number of nitrogens with zero attached hydrogens (tertiary/aromatic N) is 2. The smallest absolute Gasteiger partial charge is 0.105 e. The van der Waals surface area contributed by atoms with Crippen molar-refractivity contribution in [2.75, 3.05) is 6.61 Å². The molecule has 1 rings (SSSR count). The van der Waals surface area contributed by atoms with Gasteiger partial charge in [0.05, 0.1) is 6.61 Å². The van der Waals surface area contributed by atoms with Crippen molar-refractivity contribution in [3.05, 3.63) is 18.2 Å². The molecule has 1 aromatic rings. The molecule has 2 N–H and O–H groups in total. The van der Waals surface area contributed by atoms with Crippen molar-refractivity contribution in [1.29, 1.82) is 0 Å². The lowest BCUT2D eigenvalue weighted by Gasteiger charge is -2.01. The zero-order chi connectivity index (χ0) is 7.40. The van der Waals surface area contributed by atoms with Gasteiger partial charge in [0.2, 0.25) is 0 Å². The number of rotatable bonds is 3. The van der Waals surface area contributed by atoms with Gasteiger partial charge in [-0.15, -0.1) is 0 Å². The molecule has 0 amide bonds. The van der Waals surface area contributed by atoms with Crippen molar-refractivity contribution in [3.8, 4) is 0 Å². The van der Waals surface area contributed by atoms with Crippen LogP contribution in [-0.2, 0) is 11.4 Å². The Balaban J connectivity index is 2.49. The summed E-state index contributed by atoms with van der Waals surface area (Å²) >= 11 is 0. The first-order valence-electron chi connectivity index (χ1n) is 3.14. The lowest BCUT2D eigenvalue weighted by Crippen LogP contribution is -2.09. The van der Waals surface area contributed by atoms with Crippen LogP contribution in [0.3, 0.4) is 0 Å². The molecule has 0 radical (unpaired) electrons. The predicted octanol–water partition coefficient (Wildman–Crippen LogP) is 0.0818. The molecule has 56 valence electrons. The third-order valence-corrected chi connectivity index (χ3v) is 1.37. The first-order valence-corrected chi connectivity index (χ1v) is 3.14. The molecule has 4 heteroatoms. The molecular formula is C6H11N3O. The van der Waals surface area contributed by atoms with Gasteiger partial charge in [0, 0.05) is 18.9 Å². The Morgan fingerprint density at radius 3 is 3.10 bits per heavy atom. The maximum atomic E-state index is 4.86. The molecule has 0 saturated carbocycles. The summed E-state index contributed by atoms with van der Waals surface area (Å²) in [5, 5.41) is 0. The number of nitrogens with two attached hydrogens (primary N) is 1. The fourth-order valence-electron chi connectivity index (χ4n) is 0.791. The van der Waals surface area contributed by atoms with Crippen molar-refractivity contribution >= 4 is 0 Å². The largest absolute Gasteiger partial charge is 0.333 e. The first-order chi connectivity index (χ1) is 4.84. The minimum Gasteiger partial charge on any atom is -0.333 e. The van der Waals surface area contributed by atoms with Crippen LogP contribution in [0, 0.1) is 6.92 Å². The van der Waals surface area contributed by atoms with Gasteiger partial charge in [-0.05, 0) is 6.92 Å². The summed E-state index contributed by atoms with van der Waals surface area (Å²) in [6.45, 7) is 3.23. The van der Waals surface area contributed by atoms with E-state index in [2.05, 4.69) is 9.82 Å². The number of imidazole rings is 1. The van der Waals surface area contributed by atoms with Gasteiger partial charge in [0.15, 0.2) is 0 Å². The minimum atomic E-state index is 0.525. The van der Waals surface area contributed by atoms with E-state index in [1.54, 1.807) is 6.20 Å². The van der Waals surface area contributed by atoms with Crippen LogP contribution in [0.4, 0.5) is 0 Å². The van der Waals surface area contributed by atoms with Crippen LogP contribution in [0.5, 0.6) is 0 Å². The van der Waals surface area contributed by atoms with Crippen molar-refractivity contribution in [3.63, 3.8) is 0 Å². The van der Waals surface area contributed by atoms with Crippen molar-refractivity contribution in [2.45, 2.75) is 13.5 Å². The quantitative estimate of drug-likeness (QED) is 0.606. The van der Waals surface area contributed by atoms with Gasteiger partial charge in [-0.2, -0.15) is 0 Å². The second-order valence-electron chi connectivity index (χ2n) is 2.04. The Hall–Kier alpha value is -0.870. The monoisotopic (exact) mass is 141 g/mol. The van der Waals surface area contributed by atoms with Crippen molar-refractivity contribution in [2.24, 2.45) is 5.90 Å². The number of hydrogen-bond acceptors (Lipinski definition) is 3. The van der Waals surface area contributed by atoms with E-state index >= 15 is 0 Å². The molecule has 0 spiro atoms. The van der Waals surface area contributed by atoms with Crippen molar-refractivity contribution in [1.82, 2.24) is 9.55 Å². The molecular weight excluding hydrogens is 130 g/mol. The molecule has 10 heavy (non-hydrogen) atoms. The summed E-state index contributed by atoms with van der Waals surface area (Å²) in [6.07, 6.45) is 3.65. The van der Waals surface area contributed by atoms with Crippen LogP contribution in [0.1, 0.15) is 5.82 Å². The Morgan fingerprint density at radius 1 is 1.80 bits per heavy atom. The SMILES string of the molecule is Cc1nccn1CCON. The molecule has 0 bridgehead atoms. The molecule has 0 saturated heterocycles. The molecule has 1 heterocycles. The lowest BCUT2D eigenvalue weighted by atomic mass is 10.6. The van der Waals surface area contributed by atoms with Gasteiger partial charge >= 0.3 is 0 Å². The summed E-state index contributed by atoms with van der Waals surface area (Å²) in [4.78, 5) is 8.46. The molecule has 1 aromatic heterocycles. The molecule has 0 aliphatic rings. The fraction of sp³-hybridized carbons (Fsp3) is 0.500. The Morgan fingerprint density at radius 2 is 2.60 bits per heavy atom. The molecule has 0 atom stereocenters. The standard InChI is InChI=1S/C6H11N3O/c1-6-8-2-3-9(6)4-5-10-7/h2-3H,4-5,7H2,1H3. The van der Waals surface area contributed by atoms with E-state index in [0.29, 0.717) is 6.61 Å². The van der Waals surface area contributed by atoms with Crippen LogP contribution in [0.2, 0.25) is 0 Å². The van der Waals surface area contributed by atoms with Crippen LogP contribution >= 0.6 is 0 Å². The van der Waals surface area contributed by atoms with E-state index in [4.69, 9.17) is 5.90 Å². The van der Waals surface area contributed by atoms with Gasteiger partial charge < -0.3 is 9.40 Å². The van der Waals surface area contributed by atoms with Crippen molar-refractivity contribution < 1.29 is 4.84 Å². The predicted molar refractivity (Wildman–Crippen MR) is 37.1 cm³/mol. The van der Waals surface area contributed by atoms with Gasteiger partial charge in [-0.3, -0.25) is 0 Å². The van der Waals surface area contributed by atoms with E-state index in [0.717, 1.165) is 12.4 Å². The fourth-order valence-corrected chi connectivity index (χ4v) is 0.791. The average molecular weight is 141 g/mol. The van der Waals surface area contributed by atoms with Crippen LogP contribution in [0.15, 0.2) is 12.4 Å². The summed E-state index contributed by atoms with van der Waals surface area (Å²) in [5.41, 5.74) is 0. The van der Waals surface area contributed by atoms with E-state index in [1.165, 1.54) is 0 Å². The topological polar surface area (TPSA) is 53.1 Å². The lowest BCUT2D eigenvalue weighted by molar-refractivity contribution is 0.129. The molecule has 0 unspecified atom stereocenters. The van der Waals surface area contributed by atoms with E-state index in [1.807, 2.05) is 17.7 Å². The molecule has 4 nitrogen and oxygen atoms in total. The van der Waals surface area contributed by atoms with Gasteiger partial charge in [0.1, 0.15) is 5.82 Å². The summed E-state index contributed by atoms with van der Waals surface area (Å²) in [6, 6.07) is 0. The Bertz CT molecular complexity index is 197. The first kappa shape index (κ1) is 7.24. The normalized spacial score (nSPS) is 10.2. The molecule has 0 aliphatic heterocycles. The highest BCUT2D eigenvalue weighted by Crippen LogP contribution is 1.93. The van der Waals surface area contributed by atoms with Crippen LogP contribution in [-0.4, -0.2) is 16.2 Å². The van der Waals surface area contributed by atoms with Crippen LogP contribution in [0.25, 0.3) is 0 Å². The summed E-state index contributed by atoms with van der Waals surface area (Å²) < 4.78 is 1.98. The van der Waals surface area contributed by atoms with Gasteiger partial charge in [-0.25, -0.2) is 10.9 Å². The molecule has 0 aliphatic carbocycles. The number of aromatic nitrogens is 2.